The number of carbonyl (C=O) groups excluding carboxylic acids is 2. The zero-order valence-electron chi connectivity index (χ0n) is 15.8. The number of anilines is 1. The van der Waals surface area contributed by atoms with Crippen LogP contribution in [0.2, 0.25) is 0 Å². The minimum atomic E-state index is -2.47. The van der Waals surface area contributed by atoms with E-state index in [1.54, 1.807) is 12.1 Å². The van der Waals surface area contributed by atoms with Crippen LogP contribution in [0.5, 0.6) is 0 Å². The number of hydrogen-bond acceptors (Lipinski definition) is 3. The maximum absolute atomic E-state index is 12.5. The topological polar surface area (TPSA) is 58.2 Å². The van der Waals surface area contributed by atoms with E-state index in [1.807, 2.05) is 0 Å². The molecule has 4 fully saturated rings. The van der Waals surface area contributed by atoms with Gasteiger partial charge in [0.15, 0.2) is 0 Å². The Kier molecular flexibility index (Phi) is 5.63. The van der Waals surface area contributed by atoms with Crippen LogP contribution < -0.4 is 10.6 Å². The fourth-order valence-electron chi connectivity index (χ4n) is 6.01. The van der Waals surface area contributed by atoms with Gasteiger partial charge in [-0.15, -0.1) is 0 Å². The fraction of sp³-hybridized carbons (Fsp3) is 0.619. The van der Waals surface area contributed by atoms with Crippen molar-refractivity contribution in [2.75, 3.05) is 11.9 Å². The van der Waals surface area contributed by atoms with Crippen molar-refractivity contribution < 1.29 is 18.4 Å². The Morgan fingerprint density at radius 3 is 2.11 bits per heavy atom. The molecule has 4 saturated carbocycles. The highest BCUT2D eigenvalue weighted by Gasteiger charge is 2.51. The Morgan fingerprint density at radius 2 is 1.57 bits per heavy atom. The van der Waals surface area contributed by atoms with E-state index in [1.165, 1.54) is 50.7 Å². The van der Waals surface area contributed by atoms with Gasteiger partial charge in [-0.05, 0) is 86.0 Å². The van der Waals surface area contributed by atoms with Crippen LogP contribution in [0.15, 0.2) is 29.2 Å². The monoisotopic (exact) mass is 408 g/mol. The Bertz CT molecular complexity index is 703. The van der Waals surface area contributed by atoms with E-state index in [2.05, 4.69) is 10.6 Å². The number of amides is 2. The van der Waals surface area contributed by atoms with Crippen molar-refractivity contribution in [2.24, 2.45) is 23.2 Å². The first kappa shape index (κ1) is 19.7. The Labute approximate surface area is 168 Å². The summed E-state index contributed by atoms with van der Waals surface area (Å²) in [6.45, 7) is -0.0707. The lowest BCUT2D eigenvalue weighted by molar-refractivity contribution is -0.131. The molecule has 4 bridgehead atoms. The predicted molar refractivity (Wildman–Crippen MR) is 105 cm³/mol. The lowest BCUT2D eigenvalue weighted by atomic mass is 9.49. The van der Waals surface area contributed by atoms with Crippen LogP contribution in [0, 0.1) is 23.2 Å². The van der Waals surface area contributed by atoms with Gasteiger partial charge in [0.05, 0.1) is 6.54 Å². The van der Waals surface area contributed by atoms with E-state index in [-0.39, 0.29) is 23.8 Å². The molecule has 1 aromatic rings. The minimum Gasteiger partial charge on any atom is -0.347 e. The maximum Gasteiger partial charge on any atom is 0.288 e. The smallest absolute Gasteiger partial charge is 0.288 e. The van der Waals surface area contributed by atoms with Gasteiger partial charge in [0, 0.05) is 17.0 Å². The molecule has 4 aliphatic carbocycles. The van der Waals surface area contributed by atoms with Crippen LogP contribution >= 0.6 is 11.8 Å². The number of halogens is 2. The van der Waals surface area contributed by atoms with Gasteiger partial charge in [-0.3, -0.25) is 9.59 Å². The van der Waals surface area contributed by atoms with Crippen molar-refractivity contribution in [3.05, 3.63) is 24.3 Å². The highest BCUT2D eigenvalue weighted by atomic mass is 32.2. The third-order valence-electron chi connectivity index (χ3n) is 6.51. The molecule has 5 rings (SSSR count). The van der Waals surface area contributed by atoms with Crippen LogP contribution in [-0.2, 0) is 9.59 Å². The normalized spacial score (nSPS) is 30.5. The van der Waals surface area contributed by atoms with Crippen LogP contribution in [-0.4, -0.2) is 24.1 Å². The Balaban J connectivity index is 1.23. The molecule has 0 spiro atoms. The summed E-state index contributed by atoms with van der Waals surface area (Å²) in [6.07, 6.45) is 8.07. The molecule has 0 heterocycles. The molecule has 28 heavy (non-hydrogen) atoms. The van der Waals surface area contributed by atoms with Crippen LogP contribution in [0.4, 0.5) is 14.5 Å². The second kappa shape index (κ2) is 8.01. The zero-order chi connectivity index (χ0) is 19.7. The van der Waals surface area contributed by atoms with Crippen LogP contribution in [0.1, 0.15) is 44.9 Å². The number of alkyl halides is 2. The second-order valence-electron chi connectivity index (χ2n) is 8.82. The highest BCUT2D eigenvalue weighted by molar-refractivity contribution is 7.99. The molecule has 2 N–H and O–H groups in total. The first-order chi connectivity index (χ1) is 13.4. The first-order valence-electron chi connectivity index (χ1n) is 10.0. The fourth-order valence-corrected chi connectivity index (χ4v) is 6.51. The summed E-state index contributed by atoms with van der Waals surface area (Å²) >= 11 is 0.463. The lowest BCUT2D eigenvalue weighted by Crippen LogP contribution is -2.48. The Morgan fingerprint density at radius 1 is 1.00 bits per heavy atom. The molecule has 0 aromatic heterocycles. The maximum atomic E-state index is 12.5. The van der Waals surface area contributed by atoms with Crippen molar-refractivity contribution in [1.82, 2.24) is 5.32 Å². The van der Waals surface area contributed by atoms with Gasteiger partial charge in [0.1, 0.15) is 0 Å². The molecule has 2 amide bonds. The number of nitrogens with one attached hydrogen (secondary N) is 2. The lowest BCUT2D eigenvalue weighted by Gasteiger charge is -2.56. The van der Waals surface area contributed by atoms with Gasteiger partial charge in [0.2, 0.25) is 11.8 Å². The third-order valence-corrected chi connectivity index (χ3v) is 7.23. The highest BCUT2D eigenvalue weighted by Crippen LogP contribution is 2.61. The summed E-state index contributed by atoms with van der Waals surface area (Å²) in [5.41, 5.74) is 0.687. The average molecular weight is 409 g/mol. The molecule has 0 saturated heterocycles. The largest absolute Gasteiger partial charge is 0.347 e. The van der Waals surface area contributed by atoms with Crippen LogP contribution in [0.3, 0.4) is 0 Å². The molecule has 1 aromatic carbocycles. The van der Waals surface area contributed by atoms with Gasteiger partial charge in [-0.1, -0.05) is 11.8 Å². The predicted octanol–water partition coefficient (Wildman–Crippen LogP) is 4.66. The number of rotatable bonds is 7. The summed E-state index contributed by atoms with van der Waals surface area (Å²) < 4.78 is 24.7. The van der Waals surface area contributed by atoms with Crippen molar-refractivity contribution in [3.63, 3.8) is 0 Å². The first-order valence-corrected chi connectivity index (χ1v) is 10.9. The van der Waals surface area contributed by atoms with Crippen LogP contribution in [0.25, 0.3) is 0 Å². The molecule has 7 heteroatoms. The average Bonchev–Trinajstić information content (AvgIpc) is 2.60. The van der Waals surface area contributed by atoms with Crippen molar-refractivity contribution in [3.8, 4) is 0 Å². The van der Waals surface area contributed by atoms with Crippen molar-refractivity contribution in [2.45, 2.75) is 55.6 Å². The van der Waals surface area contributed by atoms with E-state index in [0.29, 0.717) is 28.8 Å². The van der Waals surface area contributed by atoms with E-state index >= 15 is 0 Å². The summed E-state index contributed by atoms with van der Waals surface area (Å²) in [4.78, 5) is 25.0. The van der Waals surface area contributed by atoms with E-state index in [4.69, 9.17) is 0 Å². The quantitative estimate of drug-likeness (QED) is 0.645. The third kappa shape index (κ3) is 4.67. The van der Waals surface area contributed by atoms with Crippen molar-refractivity contribution >= 4 is 29.3 Å². The van der Waals surface area contributed by atoms with Gasteiger partial charge < -0.3 is 10.6 Å². The summed E-state index contributed by atoms with van der Waals surface area (Å²) in [5.74, 6) is -0.422. The summed E-state index contributed by atoms with van der Waals surface area (Å²) in [6, 6.07) is 6.25. The molecular weight excluding hydrogens is 382 g/mol. The molecule has 4 aliphatic rings. The van der Waals surface area contributed by atoms with E-state index in [9.17, 15) is 18.4 Å². The van der Waals surface area contributed by atoms with Gasteiger partial charge in [0.25, 0.3) is 5.76 Å². The molecule has 0 radical (unpaired) electrons. The number of thioether (sulfide) groups is 1. The number of hydrogen-bond donors (Lipinski definition) is 2. The standard InChI is InChI=1S/C21H26F2N2O2S/c22-20(23)28-17-3-1-16(2-4-17)25-19(27)12-24-18(26)11-21-8-13-5-14(9-21)7-15(6-13)10-21/h1-4,13-15,20H,5-12H2,(H,24,26)(H,25,27). The zero-order valence-corrected chi connectivity index (χ0v) is 16.6. The molecule has 0 atom stereocenters. The number of carbonyl (C=O) groups is 2. The number of benzene rings is 1. The molecule has 4 nitrogen and oxygen atoms in total. The van der Waals surface area contributed by atoms with E-state index < -0.39 is 5.76 Å². The van der Waals surface area contributed by atoms with Gasteiger partial charge in [-0.25, -0.2) is 0 Å². The summed E-state index contributed by atoms with van der Waals surface area (Å²) in [5, 5.41) is 5.45. The molecular formula is C21H26F2N2O2S. The van der Waals surface area contributed by atoms with Gasteiger partial charge >= 0.3 is 0 Å². The van der Waals surface area contributed by atoms with E-state index in [0.717, 1.165) is 17.8 Å². The minimum absolute atomic E-state index is 0.0409. The second-order valence-corrected chi connectivity index (χ2v) is 9.89. The molecule has 152 valence electrons. The van der Waals surface area contributed by atoms with Gasteiger partial charge in [-0.2, -0.15) is 8.78 Å². The van der Waals surface area contributed by atoms with Crippen molar-refractivity contribution in [1.29, 1.82) is 0 Å². The molecule has 0 aliphatic heterocycles. The molecule has 0 unspecified atom stereocenters. The summed E-state index contributed by atoms with van der Waals surface area (Å²) in [7, 11) is 0. The SMILES string of the molecule is O=C(CC12CC3CC(CC(C3)C1)C2)NCC(=O)Nc1ccc(SC(F)F)cc1. The Hall–Kier alpha value is -1.63.